The summed E-state index contributed by atoms with van der Waals surface area (Å²) >= 11 is 0. The SMILES string of the molecule is [Ir+3].[Ir+3].[c-]1cc(CCc2cc(CCc3c[c-]c4c(c3)c3cccc5c6cc(CCc7cc(CCc8c[c-]c(-c9ccccn9)cc8-c8cccc(-c9ccccc9)c8)cc(CCc8c[c-]c(-c9ccccn9)cc8-c8cccc(-c9ccccc9)c8)c7)c[c-]c6c6ncnc4c6c35)cc(CCc3c[c-]c(-c4ccccn4)cc3-c3cccc(-c4ccccc4)c3)c2)c(-c2cccc(-c3ccccc3)c2)cc1-c1ccccn1. The van der Waals surface area contributed by atoms with Crippen LogP contribution >= 0.6 is 0 Å². The molecule has 0 spiro atoms. The van der Waals surface area contributed by atoms with Crippen LogP contribution in [-0.4, -0.2) is 29.9 Å². The maximum absolute atomic E-state index is 5.18. The summed E-state index contributed by atoms with van der Waals surface area (Å²) in [7, 11) is 0. The number of hydrogen-bond acceptors (Lipinski definition) is 6. The fraction of sp³-hybridized carbons (Fsp3) is 0.0870. The summed E-state index contributed by atoms with van der Waals surface area (Å²) in [5.41, 5.74) is 43.4. The Morgan fingerprint density at radius 2 is 0.418 bits per heavy atom. The molecule has 8 heteroatoms. The molecule has 0 N–H and O–H groups in total. The van der Waals surface area contributed by atoms with Crippen LogP contribution in [0.2, 0.25) is 0 Å². The molecule has 0 radical (unpaired) electrons. The van der Waals surface area contributed by atoms with Gasteiger partial charge in [0, 0.05) is 24.8 Å². The molecule has 0 saturated heterocycles. The Hall–Kier alpha value is -16.3. The zero-order chi connectivity index (χ0) is 95.9. The van der Waals surface area contributed by atoms with Crippen LogP contribution in [0.5, 0.6) is 0 Å². The molecular formula is C138H98Ir2N6. The van der Waals surface area contributed by atoms with E-state index in [1.54, 1.807) is 6.33 Å². The smallest absolute Gasteiger partial charge is 0.305 e. The molecule has 6 nitrogen and oxygen atoms in total. The molecule has 0 aliphatic carbocycles. The van der Waals surface area contributed by atoms with Crippen LogP contribution in [0.3, 0.4) is 0 Å². The second-order valence-electron chi connectivity index (χ2n) is 37.9. The van der Waals surface area contributed by atoms with Gasteiger partial charge in [0.2, 0.25) is 0 Å². The summed E-state index contributed by atoms with van der Waals surface area (Å²) in [6.45, 7) is 0. The number of fused-ring (bicyclic) bond motifs is 6. The van der Waals surface area contributed by atoms with E-state index in [1.165, 1.54) is 172 Å². The number of aromatic nitrogens is 6. The Balaban J connectivity index is 0.00000606. The Labute approximate surface area is 881 Å². The maximum Gasteiger partial charge on any atom is 3.00 e. The van der Waals surface area contributed by atoms with Gasteiger partial charge < -0.3 is 19.9 Å². The summed E-state index contributed by atoms with van der Waals surface area (Å²) in [5.74, 6) is 0. The molecule has 0 atom stereocenters. The van der Waals surface area contributed by atoms with E-state index in [9.17, 15) is 0 Å². The first-order chi connectivity index (χ1) is 71.3. The van der Waals surface area contributed by atoms with E-state index in [4.69, 9.17) is 29.9 Å². The quantitative estimate of drug-likeness (QED) is 0.0254. The molecule has 0 aliphatic heterocycles. The van der Waals surface area contributed by atoms with Crippen molar-refractivity contribution in [2.75, 3.05) is 0 Å². The van der Waals surface area contributed by atoms with Crippen molar-refractivity contribution in [3.8, 4) is 134 Å². The van der Waals surface area contributed by atoms with Crippen LogP contribution in [0.25, 0.3) is 188 Å². The van der Waals surface area contributed by atoms with Crippen molar-refractivity contribution in [1.29, 1.82) is 0 Å². The summed E-state index contributed by atoms with van der Waals surface area (Å²) in [6, 6.07) is 175. The first-order valence-corrected chi connectivity index (χ1v) is 50.1. The van der Waals surface area contributed by atoms with Gasteiger partial charge in [-0.15, -0.1) is 176 Å². The van der Waals surface area contributed by atoms with E-state index in [1.807, 2.05) is 49.1 Å². The van der Waals surface area contributed by atoms with Crippen molar-refractivity contribution in [3.63, 3.8) is 0 Å². The number of aryl methyl sites for hydroxylation is 12. The van der Waals surface area contributed by atoms with Crippen molar-refractivity contribution >= 4 is 54.1 Å². The van der Waals surface area contributed by atoms with Crippen molar-refractivity contribution in [3.05, 3.63) is 553 Å². The molecule has 146 heavy (non-hydrogen) atoms. The Morgan fingerprint density at radius 3 is 0.692 bits per heavy atom. The summed E-state index contributed by atoms with van der Waals surface area (Å²) in [6.07, 6.45) is 19.1. The minimum atomic E-state index is 0. The molecule has 5 heterocycles. The van der Waals surface area contributed by atoms with Gasteiger partial charge in [-0.05, 0) is 226 Å². The van der Waals surface area contributed by atoms with Crippen molar-refractivity contribution in [1.82, 2.24) is 29.9 Å². The minimum absolute atomic E-state index is 0. The predicted octanol–water partition coefficient (Wildman–Crippen LogP) is 32.8. The van der Waals surface area contributed by atoms with Crippen LogP contribution in [0.15, 0.2) is 450 Å². The van der Waals surface area contributed by atoms with Gasteiger partial charge in [-0.1, -0.05) is 385 Å². The number of rotatable bonds is 30. The van der Waals surface area contributed by atoms with Crippen LogP contribution in [0.1, 0.15) is 66.8 Å². The van der Waals surface area contributed by atoms with E-state index >= 15 is 0 Å². The topological polar surface area (TPSA) is 77.3 Å². The molecule has 698 valence electrons. The average Bonchev–Trinajstić information content (AvgIpc) is 0.700. The number of pyridine rings is 4. The third kappa shape index (κ3) is 20.6. The zero-order valence-corrected chi connectivity index (χ0v) is 85.3. The Bertz CT molecular complexity index is 7900. The third-order valence-corrected chi connectivity index (χ3v) is 28.6. The minimum Gasteiger partial charge on any atom is -0.305 e. The second kappa shape index (κ2) is 43.5. The molecule has 0 unspecified atom stereocenters. The molecule has 19 aromatic carbocycles. The molecule has 0 saturated carbocycles. The number of benzene rings is 19. The van der Waals surface area contributed by atoms with E-state index in [0.717, 1.165) is 160 Å². The Morgan fingerprint density at radius 1 is 0.171 bits per heavy atom. The fourth-order valence-electron chi connectivity index (χ4n) is 21.4. The van der Waals surface area contributed by atoms with Gasteiger partial charge in [-0.25, -0.2) is 0 Å². The van der Waals surface area contributed by atoms with Crippen LogP contribution in [0.4, 0.5) is 0 Å². The van der Waals surface area contributed by atoms with Crippen LogP contribution in [0, 0.1) is 36.4 Å². The van der Waals surface area contributed by atoms with Gasteiger partial charge in [-0.2, -0.15) is 0 Å². The molecule has 5 aromatic heterocycles. The standard InChI is InChI=1S/C138H98N6.2Ir/c1-5-26-101(27-6-1)109-34-21-38-113(84-109)125-88-117(131-44-13-17-72-139-131)66-62-105(125)58-52-97-76-95(77-98(80-97)53-59-106-63-67-118(132-45-14-18-73-140-132)89-126(106)114-39-22-35-110(85-114)102-28-7-2-8-29-102)50-48-93-56-70-123-129(82-93)121-42-25-43-122-130-83-94(57-71-124(130)138-136(135(121)122)137(123)143-92-144-138)49-51-96-78-99(54-60-107-64-68-119(133-46-15-19-74-141-133)90-127(107)115-40-23-36-111(86-115)103-30-9-3-10-31-103)81-100(79-96)55-61-108-65-69-120(134-47-16-20-75-142-134)91-128(108)116-41-24-37-112(87-116)104-32-11-4-12-33-104;;/h1-47,56-57,62-65,72-92H,48-55,58-61H2;;/q-6;2*+3. The van der Waals surface area contributed by atoms with E-state index in [2.05, 4.69) is 431 Å². The molecule has 24 aromatic rings. The monoisotopic (exact) mass is 2220 g/mol. The van der Waals surface area contributed by atoms with Crippen molar-refractivity contribution < 1.29 is 40.2 Å². The predicted molar refractivity (Wildman–Crippen MR) is 593 cm³/mol. The van der Waals surface area contributed by atoms with Crippen LogP contribution < -0.4 is 0 Å². The van der Waals surface area contributed by atoms with Gasteiger partial charge in [0.05, 0.1) is 6.33 Å². The van der Waals surface area contributed by atoms with Crippen molar-refractivity contribution in [2.24, 2.45) is 0 Å². The summed E-state index contributed by atoms with van der Waals surface area (Å²) < 4.78 is 0. The molecular weight excluding hydrogens is 2130 g/mol. The second-order valence-corrected chi connectivity index (χ2v) is 37.9. The fourth-order valence-corrected chi connectivity index (χ4v) is 21.4. The van der Waals surface area contributed by atoms with E-state index in [0.29, 0.717) is 0 Å². The number of hydrogen-bond donors (Lipinski definition) is 0. The van der Waals surface area contributed by atoms with Gasteiger partial charge >= 0.3 is 40.2 Å². The zero-order valence-electron chi connectivity index (χ0n) is 80.6. The van der Waals surface area contributed by atoms with Gasteiger partial charge in [-0.3, -0.25) is 9.97 Å². The molecule has 0 aliphatic rings. The van der Waals surface area contributed by atoms with Gasteiger partial charge in [0.1, 0.15) is 0 Å². The van der Waals surface area contributed by atoms with Crippen LogP contribution in [-0.2, 0) is 117 Å². The Kier molecular flexibility index (Phi) is 28.2. The molecule has 0 amide bonds. The summed E-state index contributed by atoms with van der Waals surface area (Å²) in [4.78, 5) is 29.6. The van der Waals surface area contributed by atoms with E-state index in [-0.39, 0.29) is 40.2 Å². The maximum atomic E-state index is 5.18. The third-order valence-electron chi connectivity index (χ3n) is 28.6. The first kappa shape index (κ1) is 94.6. The normalized spacial score (nSPS) is 11.4. The van der Waals surface area contributed by atoms with Gasteiger partial charge in [0.15, 0.2) is 0 Å². The molecule has 24 rings (SSSR count). The first-order valence-electron chi connectivity index (χ1n) is 50.1. The van der Waals surface area contributed by atoms with Gasteiger partial charge in [0.25, 0.3) is 0 Å². The average molecular weight is 2220 g/mol. The molecule has 0 fully saturated rings. The summed E-state index contributed by atoms with van der Waals surface area (Å²) in [5, 5.41) is 8.85. The molecule has 0 bridgehead atoms. The van der Waals surface area contributed by atoms with E-state index < -0.39 is 0 Å². The largest absolute Gasteiger partial charge is 3.00 e. The van der Waals surface area contributed by atoms with Crippen molar-refractivity contribution in [2.45, 2.75) is 77.0 Å². The number of nitrogens with zero attached hydrogens (tertiary/aromatic N) is 6.